The lowest BCUT2D eigenvalue weighted by atomic mass is 10.1. The smallest absolute Gasteiger partial charge is 0.153 e. The molecule has 1 unspecified atom stereocenters. The lowest BCUT2D eigenvalue weighted by molar-refractivity contribution is -0.122. The number of ketones is 1. The third kappa shape index (κ3) is 4.97. The molecule has 1 saturated heterocycles. The zero-order valence-electron chi connectivity index (χ0n) is 21.2. The van der Waals surface area contributed by atoms with E-state index in [1.165, 1.54) is 0 Å². The van der Waals surface area contributed by atoms with Crippen LogP contribution in [0.15, 0.2) is 73.1 Å². The van der Waals surface area contributed by atoms with Gasteiger partial charge in [-0.15, -0.1) is 0 Å². The number of benzene rings is 2. The van der Waals surface area contributed by atoms with E-state index in [0.29, 0.717) is 0 Å². The predicted octanol–water partition coefficient (Wildman–Crippen LogP) is 5.05. The van der Waals surface area contributed by atoms with Gasteiger partial charge < -0.3 is 9.64 Å². The number of carbonyl (C=O) groups excluding carboxylic acids is 1. The fraction of sp³-hybridized carbons (Fsp3) is 0.345. The van der Waals surface area contributed by atoms with Crippen LogP contribution in [-0.2, 0) is 4.79 Å². The second-order valence-corrected chi connectivity index (χ2v) is 9.56. The molecule has 7 nitrogen and oxygen atoms in total. The number of hydrogen-bond donors (Lipinski definition) is 0. The molecular formula is C29H33N5O2. The highest BCUT2D eigenvalue weighted by Crippen LogP contribution is 2.37. The molecular weight excluding hydrogens is 450 g/mol. The summed E-state index contributed by atoms with van der Waals surface area (Å²) in [5.41, 5.74) is 3.76. The Balaban J connectivity index is 1.41. The number of aromatic nitrogens is 3. The van der Waals surface area contributed by atoms with Crippen molar-refractivity contribution in [2.75, 3.05) is 31.1 Å². The van der Waals surface area contributed by atoms with Gasteiger partial charge in [0.1, 0.15) is 17.5 Å². The van der Waals surface area contributed by atoms with Gasteiger partial charge in [-0.1, -0.05) is 24.3 Å². The molecule has 1 fully saturated rings. The normalized spacial score (nSPS) is 15.7. The van der Waals surface area contributed by atoms with Gasteiger partial charge in [0.25, 0.3) is 0 Å². The number of nitrogens with zero attached hydrogens (tertiary/aromatic N) is 5. The minimum absolute atomic E-state index is 0.0650. The average molecular weight is 484 g/mol. The number of anilines is 1. The van der Waals surface area contributed by atoms with Crippen molar-refractivity contribution in [1.82, 2.24) is 19.7 Å². The number of carbonyl (C=O) groups is 1. The van der Waals surface area contributed by atoms with Crippen LogP contribution in [0.1, 0.15) is 38.9 Å². The Morgan fingerprint density at radius 1 is 0.944 bits per heavy atom. The fourth-order valence-corrected chi connectivity index (χ4v) is 5.05. The zero-order chi connectivity index (χ0) is 25.1. The van der Waals surface area contributed by atoms with Gasteiger partial charge in [0.2, 0.25) is 0 Å². The summed E-state index contributed by atoms with van der Waals surface area (Å²) in [7, 11) is 0. The van der Waals surface area contributed by atoms with Crippen LogP contribution >= 0.6 is 0 Å². The van der Waals surface area contributed by atoms with Crippen LogP contribution in [0.5, 0.6) is 5.75 Å². The van der Waals surface area contributed by atoms with Crippen LogP contribution in [0.2, 0.25) is 0 Å². The standard InChI is InChI=1S/C29H33N5O2/c1-21(2)36-26-13-12-23-9-7-15-30-27(23)29(26)33-17-8-16-32(19-20-33)28(22(3)35)25-14-18-34(31-25)24-10-5-4-6-11-24/h4-7,9-15,18,21,28H,8,16-17,19-20H2,1-3H3. The van der Waals surface area contributed by atoms with Gasteiger partial charge in [-0.3, -0.25) is 14.7 Å². The maximum Gasteiger partial charge on any atom is 0.153 e. The predicted molar refractivity (Wildman–Crippen MR) is 143 cm³/mol. The SMILES string of the molecule is CC(=O)C(c1ccn(-c2ccccc2)n1)N1CCCN(c2c(OC(C)C)ccc3cccnc23)CC1. The molecule has 1 atom stereocenters. The van der Waals surface area contributed by atoms with E-state index in [1.54, 1.807) is 6.92 Å². The second-order valence-electron chi connectivity index (χ2n) is 9.56. The molecule has 0 N–H and O–H groups in total. The molecule has 0 saturated carbocycles. The molecule has 4 aromatic rings. The van der Waals surface area contributed by atoms with Crippen LogP contribution in [-0.4, -0.2) is 57.7 Å². The lowest BCUT2D eigenvalue weighted by Gasteiger charge is -2.29. The lowest BCUT2D eigenvalue weighted by Crippen LogP contribution is -2.37. The molecule has 0 spiro atoms. The van der Waals surface area contributed by atoms with Crippen molar-refractivity contribution in [2.45, 2.75) is 39.3 Å². The molecule has 3 heterocycles. The Kier molecular flexibility index (Phi) is 7.00. The van der Waals surface area contributed by atoms with Crippen LogP contribution < -0.4 is 9.64 Å². The number of Topliss-reactive ketones (excluding diaryl/α,β-unsaturated/α-hetero) is 1. The van der Waals surface area contributed by atoms with Crippen molar-refractivity contribution in [2.24, 2.45) is 0 Å². The number of fused-ring (bicyclic) bond motifs is 1. The van der Waals surface area contributed by atoms with E-state index in [1.807, 2.05) is 73.4 Å². The largest absolute Gasteiger partial charge is 0.489 e. The van der Waals surface area contributed by atoms with Crippen molar-refractivity contribution in [3.63, 3.8) is 0 Å². The highest BCUT2D eigenvalue weighted by atomic mass is 16.5. The van der Waals surface area contributed by atoms with E-state index in [2.05, 4.69) is 28.0 Å². The summed E-state index contributed by atoms with van der Waals surface area (Å²) in [6.07, 6.45) is 4.76. The van der Waals surface area contributed by atoms with Gasteiger partial charge in [0.15, 0.2) is 5.78 Å². The average Bonchev–Trinajstić information content (AvgIpc) is 3.23. The van der Waals surface area contributed by atoms with Crippen LogP contribution in [0.4, 0.5) is 5.69 Å². The Hall–Kier alpha value is -3.71. The maximum absolute atomic E-state index is 12.9. The highest BCUT2D eigenvalue weighted by molar-refractivity contribution is 5.94. The van der Waals surface area contributed by atoms with Crippen LogP contribution in [0, 0.1) is 0 Å². The molecule has 2 aromatic heterocycles. The first-order chi connectivity index (χ1) is 17.5. The van der Waals surface area contributed by atoms with Crippen LogP contribution in [0.25, 0.3) is 16.6 Å². The molecule has 0 aliphatic carbocycles. The summed E-state index contributed by atoms with van der Waals surface area (Å²) in [6.45, 7) is 8.95. The minimum atomic E-state index is -0.369. The molecule has 0 radical (unpaired) electrons. The van der Waals surface area contributed by atoms with E-state index in [4.69, 9.17) is 14.8 Å². The minimum Gasteiger partial charge on any atom is -0.489 e. The highest BCUT2D eigenvalue weighted by Gasteiger charge is 2.30. The summed E-state index contributed by atoms with van der Waals surface area (Å²) in [5, 5.41) is 5.88. The van der Waals surface area contributed by atoms with Crippen LogP contribution in [0.3, 0.4) is 0 Å². The molecule has 1 aliphatic rings. The third-order valence-electron chi connectivity index (χ3n) is 6.58. The van der Waals surface area contributed by atoms with Crippen molar-refractivity contribution in [3.8, 4) is 11.4 Å². The maximum atomic E-state index is 12.9. The number of hydrogen-bond acceptors (Lipinski definition) is 6. The fourth-order valence-electron chi connectivity index (χ4n) is 5.05. The Labute approximate surface area is 212 Å². The van der Waals surface area contributed by atoms with E-state index in [9.17, 15) is 4.79 Å². The molecule has 0 amide bonds. The van der Waals surface area contributed by atoms with Gasteiger partial charge in [-0.2, -0.15) is 5.10 Å². The van der Waals surface area contributed by atoms with Gasteiger partial charge in [-0.05, 0) is 63.6 Å². The quantitative estimate of drug-likeness (QED) is 0.367. The molecule has 5 rings (SSSR count). The Morgan fingerprint density at radius 3 is 2.56 bits per heavy atom. The molecule has 186 valence electrons. The van der Waals surface area contributed by atoms with E-state index < -0.39 is 0 Å². The molecule has 2 aromatic carbocycles. The molecule has 7 heteroatoms. The van der Waals surface area contributed by atoms with E-state index >= 15 is 0 Å². The Morgan fingerprint density at radius 2 is 1.78 bits per heavy atom. The third-order valence-corrected chi connectivity index (χ3v) is 6.58. The van der Waals surface area contributed by atoms with Crippen molar-refractivity contribution < 1.29 is 9.53 Å². The van der Waals surface area contributed by atoms with E-state index in [-0.39, 0.29) is 17.9 Å². The number of rotatable bonds is 7. The molecule has 0 bridgehead atoms. The van der Waals surface area contributed by atoms with Crippen molar-refractivity contribution >= 4 is 22.4 Å². The monoisotopic (exact) mass is 483 g/mol. The zero-order valence-corrected chi connectivity index (χ0v) is 21.2. The number of pyridine rings is 1. The van der Waals surface area contributed by atoms with Gasteiger partial charge in [0, 0.05) is 44.0 Å². The van der Waals surface area contributed by atoms with Gasteiger partial charge >= 0.3 is 0 Å². The summed E-state index contributed by atoms with van der Waals surface area (Å²) in [5.74, 6) is 0.965. The summed E-state index contributed by atoms with van der Waals surface area (Å²) in [4.78, 5) is 22.2. The number of para-hydroxylation sites is 1. The summed E-state index contributed by atoms with van der Waals surface area (Å²) in [6, 6.07) is 19.8. The van der Waals surface area contributed by atoms with Gasteiger partial charge in [-0.25, -0.2) is 4.68 Å². The second kappa shape index (κ2) is 10.5. The number of ether oxygens (including phenoxy) is 1. The summed E-state index contributed by atoms with van der Waals surface area (Å²) < 4.78 is 8.05. The molecule has 36 heavy (non-hydrogen) atoms. The topological polar surface area (TPSA) is 63.5 Å². The van der Waals surface area contributed by atoms with Crippen molar-refractivity contribution in [3.05, 3.63) is 78.8 Å². The van der Waals surface area contributed by atoms with Gasteiger partial charge in [0.05, 0.1) is 23.0 Å². The first-order valence-electron chi connectivity index (χ1n) is 12.7. The first kappa shape index (κ1) is 24.0. The van der Waals surface area contributed by atoms with Crippen molar-refractivity contribution in [1.29, 1.82) is 0 Å². The molecule has 1 aliphatic heterocycles. The van der Waals surface area contributed by atoms with E-state index in [0.717, 1.165) is 66.3 Å². The Bertz CT molecular complexity index is 1330. The summed E-state index contributed by atoms with van der Waals surface area (Å²) >= 11 is 0. The first-order valence-corrected chi connectivity index (χ1v) is 12.7.